The van der Waals surface area contributed by atoms with Crippen molar-refractivity contribution in [2.24, 2.45) is 0 Å². The molecule has 0 aliphatic heterocycles. The Labute approximate surface area is 134 Å². The average Bonchev–Trinajstić information content (AvgIpc) is 2.47. The highest BCUT2D eigenvalue weighted by molar-refractivity contribution is 9.10. The monoisotopic (exact) mass is 349 g/mol. The number of rotatable bonds is 7. The van der Waals surface area contributed by atoms with Gasteiger partial charge < -0.3 is 15.2 Å². The maximum atomic E-state index is 9.47. The summed E-state index contributed by atoms with van der Waals surface area (Å²) in [6.07, 6.45) is 1.10. The van der Waals surface area contributed by atoms with Crippen LogP contribution in [0.2, 0.25) is 0 Å². The predicted molar refractivity (Wildman–Crippen MR) is 88.6 cm³/mol. The summed E-state index contributed by atoms with van der Waals surface area (Å²) in [4.78, 5) is 0. The number of halogens is 1. The molecule has 112 valence electrons. The van der Waals surface area contributed by atoms with E-state index in [9.17, 15) is 5.11 Å². The van der Waals surface area contributed by atoms with Crippen LogP contribution in [0.4, 0.5) is 0 Å². The number of benzene rings is 2. The summed E-state index contributed by atoms with van der Waals surface area (Å²) >= 11 is 3.49. The lowest BCUT2D eigenvalue weighted by Gasteiger charge is -2.13. The molecule has 2 N–H and O–H groups in total. The maximum absolute atomic E-state index is 9.47. The zero-order chi connectivity index (χ0) is 15.1. The first-order valence-corrected chi connectivity index (χ1v) is 7.88. The molecule has 0 saturated heterocycles. The Morgan fingerprint density at radius 2 is 2.05 bits per heavy atom. The Hall–Kier alpha value is -1.52. The third kappa shape index (κ3) is 5.06. The molecule has 0 atom stereocenters. The molecule has 3 nitrogen and oxygen atoms in total. The Morgan fingerprint density at radius 1 is 1.19 bits per heavy atom. The minimum atomic E-state index is 0.261. The van der Waals surface area contributed by atoms with E-state index in [1.54, 1.807) is 12.1 Å². The Kier molecular flexibility index (Phi) is 6.08. The van der Waals surface area contributed by atoms with E-state index in [4.69, 9.17) is 4.74 Å². The number of hydrogen-bond acceptors (Lipinski definition) is 3. The Balaban J connectivity index is 2.04. The fourth-order valence-electron chi connectivity index (χ4n) is 2.03. The molecule has 0 aliphatic carbocycles. The number of aromatic hydroxyl groups is 1. The van der Waals surface area contributed by atoms with Gasteiger partial charge in [-0.25, -0.2) is 0 Å². The normalized spacial score (nSPS) is 10.6. The third-order valence-electron chi connectivity index (χ3n) is 3.07. The molecule has 0 aromatic heterocycles. The van der Waals surface area contributed by atoms with Crippen molar-refractivity contribution in [3.05, 3.63) is 58.1 Å². The summed E-state index contributed by atoms with van der Waals surface area (Å²) in [7, 11) is 0. The number of nitrogens with one attached hydrogen (secondary N) is 1. The molecule has 0 bridgehead atoms. The lowest BCUT2D eigenvalue weighted by atomic mass is 10.2. The van der Waals surface area contributed by atoms with Crippen LogP contribution in [0.5, 0.6) is 11.5 Å². The quantitative estimate of drug-likeness (QED) is 0.734. The molecule has 2 rings (SSSR count). The van der Waals surface area contributed by atoms with Gasteiger partial charge in [-0.1, -0.05) is 35.0 Å². The summed E-state index contributed by atoms with van der Waals surface area (Å²) in [5, 5.41) is 12.9. The van der Waals surface area contributed by atoms with Crippen LogP contribution < -0.4 is 10.1 Å². The van der Waals surface area contributed by atoms with E-state index in [0.717, 1.165) is 40.9 Å². The van der Waals surface area contributed by atoms with Crippen molar-refractivity contribution in [2.45, 2.75) is 26.5 Å². The second-order valence-electron chi connectivity index (χ2n) is 4.89. The number of phenolic OH excluding ortho intramolecular Hbond substituents is 1. The Morgan fingerprint density at radius 3 is 2.81 bits per heavy atom. The van der Waals surface area contributed by atoms with Crippen LogP contribution in [0.15, 0.2) is 46.9 Å². The van der Waals surface area contributed by atoms with Crippen molar-refractivity contribution in [2.75, 3.05) is 6.54 Å². The molecule has 0 heterocycles. The maximum Gasteiger partial charge on any atom is 0.124 e. The first kappa shape index (κ1) is 15.9. The van der Waals surface area contributed by atoms with Gasteiger partial charge in [0.1, 0.15) is 18.1 Å². The van der Waals surface area contributed by atoms with Crippen molar-refractivity contribution in [3.8, 4) is 11.5 Å². The van der Waals surface area contributed by atoms with E-state index in [0.29, 0.717) is 6.61 Å². The number of phenols is 1. The highest BCUT2D eigenvalue weighted by atomic mass is 79.9. The van der Waals surface area contributed by atoms with Gasteiger partial charge >= 0.3 is 0 Å². The van der Waals surface area contributed by atoms with Gasteiger partial charge in [-0.3, -0.25) is 0 Å². The summed E-state index contributed by atoms with van der Waals surface area (Å²) in [6, 6.07) is 13.1. The molecule has 4 heteroatoms. The molecule has 0 unspecified atom stereocenters. The fraction of sp³-hybridized carbons (Fsp3) is 0.294. The lowest BCUT2D eigenvalue weighted by molar-refractivity contribution is 0.301. The molecule has 0 saturated carbocycles. The summed E-state index contributed by atoms with van der Waals surface area (Å²) in [5.74, 6) is 1.13. The molecule has 0 fully saturated rings. The van der Waals surface area contributed by atoms with Crippen LogP contribution in [-0.4, -0.2) is 11.7 Å². The molecule has 2 aromatic carbocycles. The van der Waals surface area contributed by atoms with Gasteiger partial charge in [0.25, 0.3) is 0 Å². The molecular weight excluding hydrogens is 330 g/mol. The predicted octanol–water partition coefficient (Wildman–Crippen LogP) is 4.23. The van der Waals surface area contributed by atoms with E-state index < -0.39 is 0 Å². The zero-order valence-electron chi connectivity index (χ0n) is 12.1. The zero-order valence-corrected chi connectivity index (χ0v) is 13.7. The van der Waals surface area contributed by atoms with Gasteiger partial charge in [-0.15, -0.1) is 0 Å². The van der Waals surface area contributed by atoms with E-state index in [-0.39, 0.29) is 5.75 Å². The van der Waals surface area contributed by atoms with Crippen molar-refractivity contribution in [1.82, 2.24) is 5.32 Å². The van der Waals surface area contributed by atoms with Crippen molar-refractivity contribution in [3.63, 3.8) is 0 Å². The van der Waals surface area contributed by atoms with Gasteiger partial charge in [-0.05, 0) is 48.9 Å². The standard InChI is InChI=1S/C17H20BrNO2/c1-2-8-19-11-14-10-15(18)6-7-17(14)21-12-13-4-3-5-16(20)9-13/h3-7,9-10,19-20H,2,8,11-12H2,1H3. The molecule has 2 aromatic rings. The molecule has 21 heavy (non-hydrogen) atoms. The van der Waals surface area contributed by atoms with Crippen molar-refractivity contribution in [1.29, 1.82) is 0 Å². The highest BCUT2D eigenvalue weighted by Gasteiger charge is 2.05. The third-order valence-corrected chi connectivity index (χ3v) is 3.56. The minimum Gasteiger partial charge on any atom is -0.508 e. The second-order valence-corrected chi connectivity index (χ2v) is 5.80. The fourth-order valence-corrected chi connectivity index (χ4v) is 2.44. The van der Waals surface area contributed by atoms with E-state index in [1.165, 1.54) is 0 Å². The smallest absolute Gasteiger partial charge is 0.124 e. The van der Waals surface area contributed by atoms with Gasteiger partial charge in [-0.2, -0.15) is 0 Å². The van der Waals surface area contributed by atoms with Crippen LogP contribution in [-0.2, 0) is 13.2 Å². The minimum absolute atomic E-state index is 0.261. The first-order chi connectivity index (χ1) is 10.2. The van der Waals surface area contributed by atoms with Gasteiger partial charge in [0.2, 0.25) is 0 Å². The largest absolute Gasteiger partial charge is 0.508 e. The van der Waals surface area contributed by atoms with E-state index >= 15 is 0 Å². The highest BCUT2D eigenvalue weighted by Crippen LogP contribution is 2.24. The van der Waals surface area contributed by atoms with Crippen molar-refractivity contribution >= 4 is 15.9 Å². The molecule has 0 spiro atoms. The van der Waals surface area contributed by atoms with E-state index in [1.807, 2.05) is 24.3 Å². The van der Waals surface area contributed by atoms with Gasteiger partial charge in [0, 0.05) is 16.6 Å². The Bertz CT molecular complexity index is 587. The first-order valence-electron chi connectivity index (χ1n) is 7.09. The van der Waals surface area contributed by atoms with Crippen LogP contribution in [0.3, 0.4) is 0 Å². The average molecular weight is 350 g/mol. The molecular formula is C17H20BrNO2. The SMILES string of the molecule is CCCNCc1cc(Br)ccc1OCc1cccc(O)c1. The van der Waals surface area contributed by atoms with Crippen LogP contribution in [0.1, 0.15) is 24.5 Å². The van der Waals surface area contributed by atoms with Gasteiger partial charge in [0.15, 0.2) is 0 Å². The molecule has 0 aliphatic rings. The number of ether oxygens (including phenoxy) is 1. The second kappa shape index (κ2) is 8.05. The topological polar surface area (TPSA) is 41.5 Å². The van der Waals surface area contributed by atoms with Gasteiger partial charge in [0.05, 0.1) is 0 Å². The summed E-state index contributed by atoms with van der Waals surface area (Å²) in [5.41, 5.74) is 2.07. The van der Waals surface area contributed by atoms with E-state index in [2.05, 4.69) is 34.2 Å². The van der Waals surface area contributed by atoms with Crippen LogP contribution in [0, 0.1) is 0 Å². The number of hydrogen-bond donors (Lipinski definition) is 2. The summed E-state index contributed by atoms with van der Waals surface area (Å²) in [6.45, 7) is 4.35. The lowest BCUT2D eigenvalue weighted by Crippen LogP contribution is -2.14. The van der Waals surface area contributed by atoms with Crippen LogP contribution >= 0.6 is 15.9 Å². The van der Waals surface area contributed by atoms with Crippen molar-refractivity contribution < 1.29 is 9.84 Å². The molecule has 0 radical (unpaired) electrons. The molecule has 0 amide bonds. The summed E-state index contributed by atoms with van der Waals surface area (Å²) < 4.78 is 6.93. The van der Waals surface area contributed by atoms with Crippen LogP contribution in [0.25, 0.3) is 0 Å².